The number of rotatable bonds is 7. The minimum absolute atomic E-state index is 0.0264. The largest absolute Gasteiger partial charge is 0.394 e. The van der Waals surface area contributed by atoms with E-state index in [0.29, 0.717) is 30.6 Å². The minimum atomic E-state index is -0.0264. The Morgan fingerprint density at radius 3 is 3.00 bits per heavy atom. The molecule has 1 saturated carbocycles. The van der Waals surface area contributed by atoms with E-state index in [1.54, 1.807) is 0 Å². The number of aromatic nitrogens is 4. The lowest BCUT2D eigenvalue weighted by molar-refractivity contribution is -0.116. The van der Waals surface area contributed by atoms with Gasteiger partial charge in [-0.1, -0.05) is 11.3 Å². The lowest BCUT2D eigenvalue weighted by Crippen LogP contribution is -2.24. The summed E-state index contributed by atoms with van der Waals surface area (Å²) in [5, 5.41) is 26.0. The van der Waals surface area contributed by atoms with Gasteiger partial charge in [0.15, 0.2) is 0 Å². The van der Waals surface area contributed by atoms with Crippen molar-refractivity contribution < 1.29 is 9.90 Å². The highest BCUT2D eigenvalue weighted by Gasteiger charge is 2.28. The van der Waals surface area contributed by atoms with E-state index in [2.05, 4.69) is 25.5 Å². The molecule has 4 rings (SSSR count). The van der Waals surface area contributed by atoms with Crippen LogP contribution in [0, 0.1) is 0 Å². The van der Waals surface area contributed by atoms with Gasteiger partial charge in [-0.15, -0.1) is 10.2 Å². The normalized spacial score (nSPS) is 17.2. The molecule has 2 aromatic rings. The van der Waals surface area contributed by atoms with Gasteiger partial charge in [0.1, 0.15) is 5.01 Å². The summed E-state index contributed by atoms with van der Waals surface area (Å²) in [5.41, 5.74) is 2.32. The van der Waals surface area contributed by atoms with Gasteiger partial charge < -0.3 is 10.4 Å². The van der Waals surface area contributed by atoms with Crippen LogP contribution in [0.3, 0.4) is 0 Å². The minimum Gasteiger partial charge on any atom is -0.394 e. The number of nitrogens with one attached hydrogen (secondary N) is 1. The zero-order chi connectivity index (χ0) is 16.5. The molecular weight excluding hydrogens is 328 g/mol. The molecule has 0 unspecified atom stereocenters. The van der Waals surface area contributed by atoms with Crippen molar-refractivity contribution in [3.63, 3.8) is 0 Å². The molecule has 128 valence electrons. The second-order valence-corrected chi connectivity index (χ2v) is 7.30. The van der Waals surface area contributed by atoms with Crippen LogP contribution in [0.2, 0.25) is 0 Å². The van der Waals surface area contributed by atoms with Crippen molar-refractivity contribution in [3.8, 4) is 0 Å². The SMILES string of the molecule is O=C(CCN1Cc2cnn(CCO)c2C1)Nc1nnc(C2CC2)s1. The molecule has 9 heteroatoms. The monoisotopic (exact) mass is 348 g/mol. The number of nitrogens with zero attached hydrogens (tertiary/aromatic N) is 5. The number of carbonyl (C=O) groups is 1. The van der Waals surface area contributed by atoms with E-state index in [0.717, 1.165) is 23.8 Å². The van der Waals surface area contributed by atoms with Crippen LogP contribution in [0.4, 0.5) is 5.13 Å². The molecule has 2 N–H and O–H groups in total. The molecule has 1 amide bonds. The number of anilines is 1. The molecule has 0 spiro atoms. The number of hydrogen-bond donors (Lipinski definition) is 2. The van der Waals surface area contributed by atoms with Crippen molar-refractivity contribution in [2.45, 2.75) is 44.8 Å². The Hall–Kier alpha value is -1.84. The lowest BCUT2D eigenvalue weighted by atomic mass is 10.3. The third-order valence-electron chi connectivity index (χ3n) is 4.38. The number of hydrogen-bond acceptors (Lipinski definition) is 7. The zero-order valence-electron chi connectivity index (χ0n) is 13.3. The van der Waals surface area contributed by atoms with Gasteiger partial charge in [0, 0.05) is 37.5 Å². The maximum absolute atomic E-state index is 12.1. The fourth-order valence-electron chi connectivity index (χ4n) is 2.94. The van der Waals surface area contributed by atoms with Gasteiger partial charge >= 0.3 is 0 Å². The average molecular weight is 348 g/mol. The van der Waals surface area contributed by atoms with Gasteiger partial charge in [0.25, 0.3) is 0 Å². The van der Waals surface area contributed by atoms with Crippen molar-refractivity contribution in [1.82, 2.24) is 24.9 Å². The van der Waals surface area contributed by atoms with Crippen LogP contribution in [-0.4, -0.2) is 49.0 Å². The van der Waals surface area contributed by atoms with Crippen molar-refractivity contribution in [2.24, 2.45) is 0 Å². The van der Waals surface area contributed by atoms with Gasteiger partial charge in [-0.05, 0) is 12.8 Å². The molecule has 3 heterocycles. The Balaban J connectivity index is 1.25. The van der Waals surface area contributed by atoms with Gasteiger partial charge in [0.2, 0.25) is 11.0 Å². The summed E-state index contributed by atoms with van der Waals surface area (Å²) < 4.78 is 1.84. The summed E-state index contributed by atoms with van der Waals surface area (Å²) >= 11 is 1.49. The molecule has 8 nitrogen and oxygen atoms in total. The van der Waals surface area contributed by atoms with E-state index in [9.17, 15) is 4.79 Å². The highest BCUT2D eigenvalue weighted by atomic mass is 32.1. The standard InChI is InChI=1S/C15H20N6O2S/c22-6-5-21-12-9-20(8-11(12)7-16-21)4-3-13(23)17-15-19-18-14(24-15)10-1-2-10/h7,10,22H,1-6,8-9H2,(H,17,19,23). The highest BCUT2D eigenvalue weighted by Crippen LogP contribution is 2.42. The molecule has 0 saturated heterocycles. The van der Waals surface area contributed by atoms with E-state index in [1.165, 1.54) is 29.7 Å². The van der Waals surface area contributed by atoms with E-state index in [1.807, 2.05) is 10.9 Å². The first-order chi connectivity index (χ1) is 11.7. The topological polar surface area (TPSA) is 96.2 Å². The van der Waals surface area contributed by atoms with E-state index in [-0.39, 0.29) is 12.5 Å². The van der Waals surface area contributed by atoms with Crippen LogP contribution in [0.5, 0.6) is 0 Å². The summed E-state index contributed by atoms with van der Waals surface area (Å²) in [7, 11) is 0. The molecule has 0 bridgehead atoms. The Labute approximate surface area is 143 Å². The summed E-state index contributed by atoms with van der Waals surface area (Å²) in [6.45, 7) is 2.87. The van der Waals surface area contributed by atoms with Crippen LogP contribution in [0.1, 0.15) is 41.4 Å². The number of amides is 1. The van der Waals surface area contributed by atoms with Gasteiger partial charge in [0.05, 0.1) is 25.0 Å². The maximum atomic E-state index is 12.1. The van der Waals surface area contributed by atoms with Gasteiger partial charge in [-0.3, -0.25) is 14.4 Å². The number of aliphatic hydroxyl groups excluding tert-OH is 1. The van der Waals surface area contributed by atoms with Crippen molar-refractivity contribution in [3.05, 3.63) is 22.5 Å². The molecule has 0 atom stereocenters. The van der Waals surface area contributed by atoms with Crippen molar-refractivity contribution in [2.75, 3.05) is 18.5 Å². The molecule has 24 heavy (non-hydrogen) atoms. The molecule has 1 aliphatic carbocycles. The summed E-state index contributed by atoms with van der Waals surface area (Å²) in [6, 6.07) is 0. The second kappa shape index (κ2) is 6.58. The Bertz CT molecular complexity index is 738. The Kier molecular flexibility index (Phi) is 4.30. The van der Waals surface area contributed by atoms with Crippen molar-refractivity contribution in [1.29, 1.82) is 0 Å². The Morgan fingerprint density at radius 2 is 2.21 bits per heavy atom. The van der Waals surface area contributed by atoms with Crippen LogP contribution in [-0.2, 0) is 24.4 Å². The quantitative estimate of drug-likeness (QED) is 0.773. The predicted octanol–water partition coefficient (Wildman–Crippen LogP) is 0.949. The molecule has 0 radical (unpaired) electrons. The fourth-order valence-corrected chi connectivity index (χ4v) is 3.87. The van der Waals surface area contributed by atoms with Gasteiger partial charge in [-0.25, -0.2) is 0 Å². The first kappa shape index (κ1) is 15.7. The third kappa shape index (κ3) is 3.33. The summed E-state index contributed by atoms with van der Waals surface area (Å²) in [4.78, 5) is 14.3. The number of carbonyl (C=O) groups excluding carboxylic acids is 1. The second-order valence-electron chi connectivity index (χ2n) is 6.29. The molecule has 1 fully saturated rings. The third-order valence-corrected chi connectivity index (χ3v) is 5.38. The van der Waals surface area contributed by atoms with Crippen LogP contribution >= 0.6 is 11.3 Å². The molecular formula is C15H20N6O2S. The zero-order valence-corrected chi connectivity index (χ0v) is 14.1. The van der Waals surface area contributed by atoms with Gasteiger partial charge in [-0.2, -0.15) is 5.10 Å². The molecule has 0 aromatic carbocycles. The van der Waals surface area contributed by atoms with Crippen LogP contribution in [0.15, 0.2) is 6.20 Å². The lowest BCUT2D eigenvalue weighted by Gasteiger charge is -2.14. The molecule has 2 aliphatic rings. The first-order valence-electron chi connectivity index (χ1n) is 8.23. The fraction of sp³-hybridized carbons (Fsp3) is 0.600. The average Bonchev–Trinajstić information content (AvgIpc) is 3.01. The van der Waals surface area contributed by atoms with Crippen LogP contribution < -0.4 is 5.32 Å². The van der Waals surface area contributed by atoms with Crippen LogP contribution in [0.25, 0.3) is 0 Å². The first-order valence-corrected chi connectivity index (χ1v) is 9.04. The number of aliphatic hydroxyl groups is 1. The van der Waals surface area contributed by atoms with E-state index >= 15 is 0 Å². The molecule has 2 aromatic heterocycles. The summed E-state index contributed by atoms with van der Waals surface area (Å²) in [6.07, 6.45) is 4.65. The maximum Gasteiger partial charge on any atom is 0.227 e. The highest BCUT2D eigenvalue weighted by molar-refractivity contribution is 7.15. The molecule has 1 aliphatic heterocycles. The predicted molar refractivity (Wildman–Crippen MR) is 88.6 cm³/mol. The Morgan fingerprint density at radius 1 is 1.33 bits per heavy atom. The summed E-state index contributed by atoms with van der Waals surface area (Å²) in [5.74, 6) is 0.538. The van der Waals surface area contributed by atoms with E-state index < -0.39 is 0 Å². The smallest absolute Gasteiger partial charge is 0.227 e. The van der Waals surface area contributed by atoms with Crippen molar-refractivity contribution >= 4 is 22.4 Å². The number of fused-ring (bicyclic) bond motifs is 1. The van der Waals surface area contributed by atoms with E-state index in [4.69, 9.17) is 5.11 Å².